The van der Waals surface area contributed by atoms with Gasteiger partial charge in [0.05, 0.1) is 20.8 Å². The first-order valence-electron chi connectivity index (χ1n) is 10.7. The summed E-state index contributed by atoms with van der Waals surface area (Å²) in [6.07, 6.45) is 1.61. The van der Waals surface area contributed by atoms with Crippen molar-refractivity contribution in [2.75, 3.05) is 27.3 Å². The van der Waals surface area contributed by atoms with Gasteiger partial charge in [-0.15, -0.1) is 0 Å². The summed E-state index contributed by atoms with van der Waals surface area (Å²) in [4.78, 5) is 25.8. The second-order valence-corrected chi connectivity index (χ2v) is 7.92. The molecule has 0 aromatic heterocycles. The Hall–Kier alpha value is -3.06. The maximum Gasteiger partial charge on any atom is 0.321 e. The number of rotatable bonds is 7. The lowest BCUT2D eigenvalue weighted by molar-refractivity contribution is -0.920. The van der Waals surface area contributed by atoms with Crippen molar-refractivity contribution in [3.05, 3.63) is 59.2 Å². The van der Waals surface area contributed by atoms with Gasteiger partial charge in [0.2, 0.25) is 0 Å². The average molecular weight is 427 g/mol. The smallest absolute Gasteiger partial charge is 0.321 e. The Kier molecular flexibility index (Phi) is 7.52. The Morgan fingerprint density at radius 1 is 1.13 bits per heavy atom. The summed E-state index contributed by atoms with van der Waals surface area (Å²) in [6.45, 7) is 4.85. The number of imide groups is 1. The number of amides is 3. The Morgan fingerprint density at radius 3 is 2.45 bits per heavy atom. The molecule has 1 aliphatic heterocycles. The normalized spacial score (nSPS) is 18.5. The number of hydrogen-bond donors (Lipinski definition) is 3. The van der Waals surface area contributed by atoms with E-state index in [0.717, 1.165) is 35.4 Å². The fraction of sp³-hybridized carbons (Fsp3) is 0.417. The van der Waals surface area contributed by atoms with Crippen LogP contribution in [0.15, 0.2) is 42.5 Å². The van der Waals surface area contributed by atoms with Crippen LogP contribution < -0.4 is 25.0 Å². The summed E-state index contributed by atoms with van der Waals surface area (Å²) < 4.78 is 11.0. The number of quaternary nitrogens is 1. The predicted molar refractivity (Wildman–Crippen MR) is 119 cm³/mol. The molecule has 0 radical (unpaired) electrons. The Balaban J connectivity index is 1.87. The number of urea groups is 1. The summed E-state index contributed by atoms with van der Waals surface area (Å²) in [5, 5.41) is 5.25. The number of benzene rings is 2. The van der Waals surface area contributed by atoms with E-state index >= 15 is 0 Å². The molecular weight excluding hydrogens is 394 g/mol. The van der Waals surface area contributed by atoms with Gasteiger partial charge in [0.1, 0.15) is 6.04 Å². The molecule has 2 aromatic rings. The van der Waals surface area contributed by atoms with Gasteiger partial charge in [0, 0.05) is 23.6 Å². The molecule has 1 aliphatic rings. The van der Waals surface area contributed by atoms with Crippen LogP contribution >= 0.6 is 0 Å². The summed E-state index contributed by atoms with van der Waals surface area (Å²) in [7, 11) is 3.26. The maximum absolute atomic E-state index is 12.7. The first-order chi connectivity index (χ1) is 15.0. The third kappa shape index (κ3) is 5.35. The van der Waals surface area contributed by atoms with E-state index in [1.54, 1.807) is 14.2 Å². The lowest BCUT2D eigenvalue weighted by Gasteiger charge is -2.34. The van der Waals surface area contributed by atoms with Crippen molar-refractivity contribution in [3.63, 3.8) is 0 Å². The molecule has 3 N–H and O–H groups in total. The van der Waals surface area contributed by atoms with Crippen LogP contribution in [-0.2, 0) is 11.2 Å². The Bertz CT molecular complexity index is 917. The molecule has 0 bridgehead atoms. The van der Waals surface area contributed by atoms with Crippen molar-refractivity contribution in [2.45, 2.75) is 38.8 Å². The number of carbonyl (C=O) groups excluding carboxylic acids is 2. The van der Waals surface area contributed by atoms with Crippen molar-refractivity contribution in [1.82, 2.24) is 10.6 Å². The van der Waals surface area contributed by atoms with Gasteiger partial charge in [0.25, 0.3) is 5.91 Å². The fourth-order valence-corrected chi connectivity index (χ4v) is 4.07. The van der Waals surface area contributed by atoms with Gasteiger partial charge in [-0.25, -0.2) is 4.79 Å². The molecule has 0 aliphatic carbocycles. The van der Waals surface area contributed by atoms with E-state index in [-0.39, 0.29) is 24.5 Å². The summed E-state index contributed by atoms with van der Waals surface area (Å²) in [6, 6.07) is 13.7. The van der Waals surface area contributed by atoms with Crippen molar-refractivity contribution in [3.8, 4) is 11.5 Å². The highest BCUT2D eigenvalue weighted by Crippen LogP contribution is 2.35. The highest BCUT2D eigenvalue weighted by Gasteiger charge is 2.35. The van der Waals surface area contributed by atoms with E-state index in [4.69, 9.17) is 9.47 Å². The van der Waals surface area contributed by atoms with E-state index in [9.17, 15) is 9.59 Å². The first kappa shape index (κ1) is 22.6. The van der Waals surface area contributed by atoms with Gasteiger partial charge in [-0.2, -0.15) is 0 Å². The van der Waals surface area contributed by atoms with Gasteiger partial charge in [0.15, 0.2) is 18.0 Å². The van der Waals surface area contributed by atoms with Crippen LogP contribution in [0.4, 0.5) is 4.79 Å². The zero-order chi connectivity index (χ0) is 22.4. The maximum atomic E-state index is 12.7. The molecule has 0 saturated carbocycles. The average Bonchev–Trinajstić information content (AvgIpc) is 2.78. The molecule has 31 heavy (non-hydrogen) atoms. The minimum atomic E-state index is -0.446. The van der Waals surface area contributed by atoms with Crippen LogP contribution in [0, 0.1) is 0 Å². The zero-order valence-electron chi connectivity index (χ0n) is 18.7. The van der Waals surface area contributed by atoms with E-state index in [0.29, 0.717) is 11.5 Å². The quantitative estimate of drug-likeness (QED) is 0.631. The van der Waals surface area contributed by atoms with Crippen molar-refractivity contribution >= 4 is 11.9 Å². The summed E-state index contributed by atoms with van der Waals surface area (Å²) in [5.74, 6) is 1.08. The van der Waals surface area contributed by atoms with Gasteiger partial charge in [-0.05, 0) is 31.0 Å². The van der Waals surface area contributed by atoms with Crippen LogP contribution in [0.3, 0.4) is 0 Å². The van der Waals surface area contributed by atoms with Crippen LogP contribution in [0.1, 0.15) is 43.0 Å². The van der Waals surface area contributed by atoms with E-state index in [2.05, 4.69) is 22.8 Å². The van der Waals surface area contributed by atoms with Crippen LogP contribution in [-0.4, -0.2) is 45.3 Å². The molecular formula is C24H32N3O4+. The van der Waals surface area contributed by atoms with E-state index in [1.807, 2.05) is 44.2 Å². The third-order valence-corrected chi connectivity index (χ3v) is 5.84. The van der Waals surface area contributed by atoms with E-state index < -0.39 is 6.03 Å². The third-order valence-electron chi connectivity index (χ3n) is 5.84. The molecule has 0 saturated heterocycles. The lowest BCUT2D eigenvalue weighted by atomic mass is 9.87. The Morgan fingerprint density at radius 2 is 1.81 bits per heavy atom. The van der Waals surface area contributed by atoms with Crippen LogP contribution in [0.25, 0.3) is 0 Å². The van der Waals surface area contributed by atoms with Crippen molar-refractivity contribution in [2.24, 2.45) is 0 Å². The lowest BCUT2D eigenvalue weighted by Crippen LogP contribution is -3.14. The van der Waals surface area contributed by atoms with Gasteiger partial charge < -0.3 is 19.7 Å². The molecule has 3 rings (SSSR count). The van der Waals surface area contributed by atoms with Gasteiger partial charge in [-0.3, -0.25) is 10.1 Å². The van der Waals surface area contributed by atoms with Gasteiger partial charge >= 0.3 is 6.03 Å². The number of methoxy groups -OCH3 is 2. The molecule has 7 nitrogen and oxygen atoms in total. The molecule has 0 spiro atoms. The van der Waals surface area contributed by atoms with Crippen LogP contribution in [0.2, 0.25) is 0 Å². The monoisotopic (exact) mass is 426 g/mol. The number of ether oxygens (including phenoxy) is 2. The minimum absolute atomic E-state index is 0.0153. The number of nitrogens with one attached hydrogen (secondary N) is 3. The second-order valence-electron chi connectivity index (χ2n) is 7.92. The summed E-state index contributed by atoms with van der Waals surface area (Å²) in [5.41, 5.74) is 3.41. The summed E-state index contributed by atoms with van der Waals surface area (Å²) >= 11 is 0. The second kappa shape index (κ2) is 10.3. The molecule has 3 amide bonds. The SMILES string of the molecule is CC[C@@H](C)NC(=O)NC(=O)C[NH+]1CCc2cc(OC)c(OC)cc2[C@@H]1c1ccccc1. The predicted octanol–water partition coefficient (Wildman–Crippen LogP) is 1.86. The molecule has 7 heteroatoms. The zero-order valence-corrected chi connectivity index (χ0v) is 18.7. The molecule has 1 unspecified atom stereocenters. The molecule has 1 heterocycles. The standard InChI is InChI=1S/C24H31N3O4/c1-5-16(2)25-24(29)26-22(28)15-27-12-11-18-13-20(30-3)21(31-4)14-19(18)23(27)17-9-7-6-8-10-17/h6-10,13-14,16,23H,5,11-12,15H2,1-4H3,(H2,25,26,28,29)/p+1/t16-,23+/m1/s1. The van der Waals surface area contributed by atoms with Gasteiger partial charge in [-0.1, -0.05) is 37.3 Å². The topological polar surface area (TPSA) is 81.1 Å². The highest BCUT2D eigenvalue weighted by molar-refractivity contribution is 5.94. The number of carbonyl (C=O) groups is 2. The molecule has 3 atom stereocenters. The minimum Gasteiger partial charge on any atom is -0.493 e. The largest absolute Gasteiger partial charge is 0.493 e. The molecule has 2 aromatic carbocycles. The van der Waals surface area contributed by atoms with Crippen molar-refractivity contribution < 1.29 is 24.0 Å². The molecule has 166 valence electrons. The number of hydrogen-bond acceptors (Lipinski definition) is 4. The van der Waals surface area contributed by atoms with Crippen molar-refractivity contribution in [1.29, 1.82) is 0 Å². The highest BCUT2D eigenvalue weighted by atomic mass is 16.5. The molecule has 0 fully saturated rings. The number of fused-ring (bicyclic) bond motifs is 1. The fourth-order valence-electron chi connectivity index (χ4n) is 4.07. The first-order valence-corrected chi connectivity index (χ1v) is 10.7. The van der Waals surface area contributed by atoms with E-state index in [1.165, 1.54) is 5.56 Å². The van der Waals surface area contributed by atoms with Crippen LogP contribution in [0.5, 0.6) is 11.5 Å². The Labute approximate surface area is 183 Å².